The van der Waals surface area contributed by atoms with Crippen LogP contribution in [0.15, 0.2) is 36.4 Å². The summed E-state index contributed by atoms with van der Waals surface area (Å²) in [4.78, 5) is 0. The lowest BCUT2D eigenvalue weighted by molar-refractivity contribution is 0.305. The quantitative estimate of drug-likeness (QED) is 0.627. The number of nitrogens with one attached hydrogen (secondary N) is 1. The summed E-state index contributed by atoms with van der Waals surface area (Å²) >= 11 is 0. The van der Waals surface area contributed by atoms with E-state index in [2.05, 4.69) is 20.0 Å². The molecule has 2 aromatic heterocycles. The first-order valence-corrected chi connectivity index (χ1v) is 9.51. The lowest BCUT2D eigenvalue weighted by Crippen LogP contribution is -2.33. The van der Waals surface area contributed by atoms with Crippen molar-refractivity contribution in [2.45, 2.75) is 19.1 Å². The summed E-state index contributed by atoms with van der Waals surface area (Å²) in [5, 5.41) is 11.9. The predicted molar refractivity (Wildman–Crippen MR) is 93.7 cm³/mol. The van der Waals surface area contributed by atoms with Crippen LogP contribution in [-0.4, -0.2) is 46.6 Å². The van der Waals surface area contributed by atoms with Crippen molar-refractivity contribution in [2.75, 3.05) is 13.2 Å². The average Bonchev–Trinajstić information content (AvgIpc) is 3.02. The highest BCUT2D eigenvalue weighted by Crippen LogP contribution is 2.19. The number of benzene rings is 1. The minimum absolute atomic E-state index is 0.123. The normalized spacial score (nSPS) is 12.0. The van der Waals surface area contributed by atoms with Crippen molar-refractivity contribution in [1.29, 1.82) is 0 Å². The van der Waals surface area contributed by atoms with E-state index in [1.807, 2.05) is 0 Å². The highest BCUT2D eigenvalue weighted by atomic mass is 32.2. The molecular weight excluding hydrogens is 361 g/mol. The SMILES string of the molecule is CC(C)S(=O)(=O)NCCOc1ccc2nnc(-c3ccc(F)cc3)n2n1. The Balaban J connectivity index is 1.73. The molecule has 1 N–H and O–H groups in total. The third-order valence-corrected chi connectivity index (χ3v) is 5.46. The summed E-state index contributed by atoms with van der Waals surface area (Å²) in [7, 11) is -3.33. The molecule has 0 spiro atoms. The molecule has 3 rings (SSSR count). The number of rotatable bonds is 7. The number of aromatic nitrogens is 4. The molecule has 8 nitrogen and oxygen atoms in total. The standard InChI is InChI=1S/C16H18FN5O3S/c1-11(2)26(23,24)18-9-10-25-15-8-7-14-19-20-16(22(14)21-15)12-3-5-13(17)6-4-12/h3-8,11,18H,9-10H2,1-2H3. The number of fused-ring (bicyclic) bond motifs is 1. The van der Waals surface area contributed by atoms with Crippen LogP contribution < -0.4 is 9.46 Å². The molecule has 3 aromatic rings. The number of sulfonamides is 1. The number of hydrogen-bond donors (Lipinski definition) is 1. The second-order valence-corrected chi connectivity index (χ2v) is 8.13. The van der Waals surface area contributed by atoms with Gasteiger partial charge in [0.1, 0.15) is 12.4 Å². The van der Waals surface area contributed by atoms with Crippen LogP contribution in [0.2, 0.25) is 0 Å². The smallest absolute Gasteiger partial charge is 0.231 e. The molecule has 0 unspecified atom stereocenters. The van der Waals surface area contributed by atoms with Gasteiger partial charge < -0.3 is 4.74 Å². The van der Waals surface area contributed by atoms with Crippen molar-refractivity contribution < 1.29 is 17.5 Å². The fourth-order valence-electron chi connectivity index (χ4n) is 2.13. The fourth-order valence-corrected chi connectivity index (χ4v) is 2.84. The van der Waals surface area contributed by atoms with Gasteiger partial charge in [0.2, 0.25) is 15.9 Å². The van der Waals surface area contributed by atoms with E-state index in [1.54, 1.807) is 38.1 Å². The Hall–Kier alpha value is -2.59. The summed E-state index contributed by atoms with van der Waals surface area (Å²) in [5.41, 5.74) is 1.17. The predicted octanol–water partition coefficient (Wildman–Crippen LogP) is 1.64. The molecule has 1 aromatic carbocycles. The van der Waals surface area contributed by atoms with Crippen LogP contribution in [0.3, 0.4) is 0 Å². The van der Waals surface area contributed by atoms with Crippen LogP contribution in [-0.2, 0) is 10.0 Å². The molecule has 10 heteroatoms. The van der Waals surface area contributed by atoms with E-state index in [9.17, 15) is 12.8 Å². The van der Waals surface area contributed by atoms with Crippen molar-refractivity contribution in [3.05, 3.63) is 42.2 Å². The van der Waals surface area contributed by atoms with E-state index in [0.29, 0.717) is 22.9 Å². The lowest BCUT2D eigenvalue weighted by Gasteiger charge is -2.10. The Kier molecular flexibility index (Phi) is 5.14. The summed E-state index contributed by atoms with van der Waals surface area (Å²) in [6.45, 7) is 3.45. The largest absolute Gasteiger partial charge is 0.475 e. The van der Waals surface area contributed by atoms with Gasteiger partial charge in [0.05, 0.1) is 5.25 Å². The molecule has 26 heavy (non-hydrogen) atoms. The van der Waals surface area contributed by atoms with E-state index >= 15 is 0 Å². The zero-order chi connectivity index (χ0) is 18.7. The topological polar surface area (TPSA) is 98.5 Å². The first-order valence-electron chi connectivity index (χ1n) is 7.96. The Morgan fingerprint density at radius 1 is 1.15 bits per heavy atom. The van der Waals surface area contributed by atoms with Crippen LogP contribution in [0.1, 0.15) is 13.8 Å². The summed E-state index contributed by atoms with van der Waals surface area (Å²) in [6, 6.07) is 9.13. The Bertz CT molecular complexity index is 1000. The molecule has 0 saturated carbocycles. The van der Waals surface area contributed by atoms with E-state index in [1.165, 1.54) is 16.6 Å². The highest BCUT2D eigenvalue weighted by Gasteiger charge is 2.15. The number of halogens is 1. The van der Waals surface area contributed by atoms with E-state index < -0.39 is 15.3 Å². The Morgan fingerprint density at radius 2 is 1.88 bits per heavy atom. The molecule has 2 heterocycles. The van der Waals surface area contributed by atoms with Gasteiger partial charge >= 0.3 is 0 Å². The maximum Gasteiger partial charge on any atom is 0.231 e. The molecule has 0 amide bonds. The Labute approximate surface area is 150 Å². The third kappa shape index (κ3) is 3.97. The minimum Gasteiger partial charge on any atom is -0.475 e. The second kappa shape index (κ2) is 7.34. The maximum absolute atomic E-state index is 13.1. The molecule has 0 aliphatic heterocycles. The lowest BCUT2D eigenvalue weighted by atomic mass is 10.2. The van der Waals surface area contributed by atoms with Gasteiger partial charge in [0.15, 0.2) is 11.5 Å². The van der Waals surface area contributed by atoms with Gasteiger partial charge in [0.25, 0.3) is 0 Å². The molecule has 0 saturated heterocycles. The second-order valence-electron chi connectivity index (χ2n) is 5.81. The van der Waals surface area contributed by atoms with Crippen LogP contribution >= 0.6 is 0 Å². The first kappa shape index (κ1) is 18.2. The fraction of sp³-hybridized carbons (Fsp3) is 0.312. The molecular formula is C16H18FN5O3S. The van der Waals surface area contributed by atoms with Crippen LogP contribution in [0, 0.1) is 5.82 Å². The van der Waals surface area contributed by atoms with Crippen LogP contribution in [0.4, 0.5) is 4.39 Å². The first-order chi connectivity index (χ1) is 12.4. The highest BCUT2D eigenvalue weighted by molar-refractivity contribution is 7.90. The van der Waals surface area contributed by atoms with Crippen molar-refractivity contribution in [3.8, 4) is 17.3 Å². The molecule has 0 atom stereocenters. The van der Waals surface area contributed by atoms with Gasteiger partial charge in [0, 0.05) is 18.2 Å². The number of nitrogens with zero attached hydrogens (tertiary/aromatic N) is 4. The summed E-state index contributed by atoms with van der Waals surface area (Å²) in [5.74, 6) is 0.402. The van der Waals surface area contributed by atoms with Gasteiger partial charge in [-0.25, -0.2) is 17.5 Å². The average molecular weight is 379 g/mol. The van der Waals surface area contributed by atoms with Crippen molar-refractivity contribution in [2.24, 2.45) is 0 Å². The monoisotopic (exact) mass is 379 g/mol. The van der Waals surface area contributed by atoms with Crippen molar-refractivity contribution in [1.82, 2.24) is 24.5 Å². The molecule has 138 valence electrons. The zero-order valence-electron chi connectivity index (χ0n) is 14.3. The van der Waals surface area contributed by atoms with Crippen LogP contribution in [0.5, 0.6) is 5.88 Å². The summed E-state index contributed by atoms with van der Waals surface area (Å²) < 4.78 is 45.9. The Morgan fingerprint density at radius 3 is 2.58 bits per heavy atom. The van der Waals surface area contributed by atoms with Gasteiger partial charge in [-0.3, -0.25) is 0 Å². The van der Waals surface area contributed by atoms with E-state index in [0.717, 1.165) is 0 Å². The zero-order valence-corrected chi connectivity index (χ0v) is 15.1. The van der Waals surface area contributed by atoms with E-state index in [4.69, 9.17) is 4.74 Å². The third-order valence-electron chi connectivity index (χ3n) is 3.62. The van der Waals surface area contributed by atoms with Crippen molar-refractivity contribution in [3.63, 3.8) is 0 Å². The molecule has 0 aliphatic carbocycles. The molecule has 0 fully saturated rings. The maximum atomic E-state index is 13.1. The van der Waals surface area contributed by atoms with Gasteiger partial charge in [-0.05, 0) is 44.2 Å². The number of ether oxygens (including phenoxy) is 1. The molecule has 0 aliphatic rings. The van der Waals surface area contributed by atoms with Crippen molar-refractivity contribution >= 4 is 15.7 Å². The van der Waals surface area contributed by atoms with Gasteiger partial charge in [-0.15, -0.1) is 15.3 Å². The van der Waals surface area contributed by atoms with Gasteiger partial charge in [-0.1, -0.05) is 0 Å². The van der Waals surface area contributed by atoms with Gasteiger partial charge in [-0.2, -0.15) is 4.52 Å². The van der Waals surface area contributed by atoms with Crippen LogP contribution in [0.25, 0.3) is 17.0 Å². The minimum atomic E-state index is -3.33. The van der Waals surface area contributed by atoms with E-state index in [-0.39, 0.29) is 19.0 Å². The number of hydrogen-bond acceptors (Lipinski definition) is 6. The molecule has 0 radical (unpaired) electrons. The molecule has 0 bridgehead atoms. The summed E-state index contributed by atoms with van der Waals surface area (Å²) in [6.07, 6.45) is 0.